The molecular weight excluding hydrogens is 266 g/mol. The van der Waals surface area contributed by atoms with Gasteiger partial charge in [-0.25, -0.2) is 0 Å². The van der Waals surface area contributed by atoms with Crippen molar-refractivity contribution in [3.8, 4) is 0 Å². The Bertz CT molecular complexity index is 547. The second-order valence-corrected chi connectivity index (χ2v) is 6.34. The number of hydrogen-bond acceptors (Lipinski definition) is 3. The average Bonchev–Trinajstić information content (AvgIpc) is 2.37. The van der Waals surface area contributed by atoms with E-state index in [1.165, 1.54) is 4.57 Å². The lowest BCUT2D eigenvalue weighted by atomic mass is 10.0. The second-order valence-electron chi connectivity index (χ2n) is 6.34. The Labute approximate surface area is 126 Å². The minimum Gasteiger partial charge on any atom is -0.368 e. The average molecular weight is 293 g/mol. The lowest BCUT2D eigenvalue weighted by Crippen LogP contribution is -2.35. The maximum Gasteiger partial charge on any atom is 0.254 e. The van der Waals surface area contributed by atoms with Crippen LogP contribution in [-0.4, -0.2) is 36.0 Å². The molecule has 1 unspecified atom stereocenters. The van der Waals surface area contributed by atoms with Crippen molar-refractivity contribution >= 4 is 5.91 Å². The minimum atomic E-state index is -0.574. The molecule has 0 radical (unpaired) electrons. The number of carbonyl (C=O) groups is 1. The van der Waals surface area contributed by atoms with Gasteiger partial charge >= 0.3 is 0 Å². The van der Waals surface area contributed by atoms with Crippen LogP contribution in [0.25, 0.3) is 0 Å². The molecule has 0 aromatic carbocycles. The molecule has 5 heteroatoms. The Balaban J connectivity index is 3.19. The molecule has 0 spiro atoms. The number of amides is 1. The van der Waals surface area contributed by atoms with E-state index in [0.717, 1.165) is 18.5 Å². The first-order valence-electron chi connectivity index (χ1n) is 7.38. The molecule has 0 aliphatic rings. The zero-order chi connectivity index (χ0) is 16.2. The summed E-state index contributed by atoms with van der Waals surface area (Å²) in [4.78, 5) is 26.1. The van der Waals surface area contributed by atoms with Crippen molar-refractivity contribution < 1.29 is 4.79 Å². The van der Waals surface area contributed by atoms with Crippen LogP contribution in [0.5, 0.6) is 0 Å². The molecule has 0 bridgehead atoms. The Morgan fingerprint density at radius 1 is 1.38 bits per heavy atom. The van der Waals surface area contributed by atoms with Crippen LogP contribution in [-0.2, 0) is 11.2 Å². The molecule has 1 atom stereocenters. The number of nitrogens with zero attached hydrogens (tertiary/aromatic N) is 2. The van der Waals surface area contributed by atoms with Crippen molar-refractivity contribution in [1.29, 1.82) is 0 Å². The predicted molar refractivity (Wildman–Crippen MR) is 85.4 cm³/mol. The van der Waals surface area contributed by atoms with Gasteiger partial charge in [0.15, 0.2) is 0 Å². The van der Waals surface area contributed by atoms with E-state index in [-0.39, 0.29) is 5.56 Å². The van der Waals surface area contributed by atoms with Crippen LogP contribution in [0.3, 0.4) is 0 Å². The molecule has 5 nitrogen and oxygen atoms in total. The normalized spacial score (nSPS) is 12.9. The number of aromatic nitrogens is 1. The predicted octanol–water partition coefficient (Wildman–Crippen LogP) is 1.33. The van der Waals surface area contributed by atoms with Crippen molar-refractivity contribution in [2.75, 3.05) is 20.6 Å². The molecule has 1 amide bonds. The zero-order valence-corrected chi connectivity index (χ0v) is 13.7. The number of nitrogens with two attached hydrogens (primary N) is 1. The molecule has 0 saturated heterocycles. The quantitative estimate of drug-likeness (QED) is 0.824. The van der Waals surface area contributed by atoms with E-state index < -0.39 is 11.9 Å². The first-order valence-corrected chi connectivity index (χ1v) is 7.38. The first-order chi connectivity index (χ1) is 9.72. The number of pyridine rings is 1. The Hall–Kier alpha value is -1.62. The van der Waals surface area contributed by atoms with E-state index in [1.807, 2.05) is 34.0 Å². The van der Waals surface area contributed by atoms with E-state index in [2.05, 4.69) is 4.90 Å². The van der Waals surface area contributed by atoms with Gasteiger partial charge in [-0.2, -0.15) is 0 Å². The smallest absolute Gasteiger partial charge is 0.254 e. The number of rotatable bonds is 7. The summed E-state index contributed by atoms with van der Waals surface area (Å²) < 4.78 is 1.52. The minimum absolute atomic E-state index is 0.131. The van der Waals surface area contributed by atoms with Crippen molar-refractivity contribution in [3.63, 3.8) is 0 Å². The van der Waals surface area contributed by atoms with Crippen LogP contribution in [0.15, 0.2) is 17.1 Å². The van der Waals surface area contributed by atoms with Crippen LogP contribution in [0.4, 0.5) is 0 Å². The summed E-state index contributed by atoms with van der Waals surface area (Å²) in [5.41, 5.74) is 7.08. The van der Waals surface area contributed by atoms with Gasteiger partial charge in [0, 0.05) is 18.3 Å². The number of carbonyl (C=O) groups excluding carboxylic acids is 1. The summed E-state index contributed by atoms with van der Waals surface area (Å²) >= 11 is 0. The molecule has 0 fully saturated rings. The Morgan fingerprint density at radius 3 is 2.48 bits per heavy atom. The van der Waals surface area contributed by atoms with Gasteiger partial charge in [-0.05, 0) is 51.4 Å². The van der Waals surface area contributed by atoms with Crippen LogP contribution in [0, 0.1) is 12.8 Å². The molecule has 0 saturated carbocycles. The summed E-state index contributed by atoms with van der Waals surface area (Å²) in [7, 11) is 4.02. The fraction of sp³-hybridized carbons (Fsp3) is 0.625. The number of aryl methyl sites for hydroxylation is 1. The van der Waals surface area contributed by atoms with Crippen LogP contribution in [0.2, 0.25) is 0 Å². The summed E-state index contributed by atoms with van der Waals surface area (Å²) in [6.45, 7) is 6.71. The van der Waals surface area contributed by atoms with E-state index >= 15 is 0 Å². The standard InChI is InChI=1S/C16H27N3O2/c1-11(2)8-14(15(17)20)19-10-13(6-7-18(4)5)9-12(3)16(19)21/h9-11,14H,6-8H2,1-5H3,(H2,17,20). The molecule has 1 rings (SSSR count). The molecule has 118 valence electrons. The lowest BCUT2D eigenvalue weighted by Gasteiger charge is -2.20. The van der Waals surface area contributed by atoms with Gasteiger partial charge in [-0.1, -0.05) is 13.8 Å². The van der Waals surface area contributed by atoms with Gasteiger partial charge in [0.2, 0.25) is 5.91 Å². The third-order valence-electron chi connectivity index (χ3n) is 3.49. The fourth-order valence-electron chi connectivity index (χ4n) is 2.35. The van der Waals surface area contributed by atoms with E-state index in [1.54, 1.807) is 13.1 Å². The highest BCUT2D eigenvalue weighted by atomic mass is 16.2. The summed E-state index contributed by atoms with van der Waals surface area (Å²) in [6.07, 6.45) is 3.20. The topological polar surface area (TPSA) is 68.3 Å². The third kappa shape index (κ3) is 5.01. The van der Waals surface area contributed by atoms with E-state index in [4.69, 9.17) is 5.73 Å². The first kappa shape index (κ1) is 17.4. The molecule has 0 aliphatic carbocycles. The molecule has 2 N–H and O–H groups in total. The van der Waals surface area contributed by atoms with Gasteiger partial charge in [0.1, 0.15) is 6.04 Å². The van der Waals surface area contributed by atoms with Gasteiger partial charge in [-0.3, -0.25) is 9.59 Å². The van der Waals surface area contributed by atoms with Crippen LogP contribution in [0.1, 0.15) is 37.4 Å². The summed E-state index contributed by atoms with van der Waals surface area (Å²) in [5.74, 6) is -0.157. The highest BCUT2D eigenvalue weighted by Gasteiger charge is 2.21. The Morgan fingerprint density at radius 2 is 2.00 bits per heavy atom. The molecular formula is C16H27N3O2. The number of likely N-dealkylation sites (N-methyl/N-ethyl adjacent to an activating group) is 1. The molecule has 1 aromatic rings. The van der Waals surface area contributed by atoms with Crippen LogP contribution >= 0.6 is 0 Å². The van der Waals surface area contributed by atoms with Crippen molar-refractivity contribution in [1.82, 2.24) is 9.47 Å². The molecule has 0 aliphatic heterocycles. The highest BCUT2D eigenvalue weighted by molar-refractivity contribution is 5.78. The van der Waals surface area contributed by atoms with E-state index in [0.29, 0.717) is 17.9 Å². The number of primary amides is 1. The van der Waals surface area contributed by atoms with Crippen molar-refractivity contribution in [2.45, 2.75) is 39.7 Å². The monoisotopic (exact) mass is 293 g/mol. The SMILES string of the molecule is Cc1cc(CCN(C)C)cn(C(CC(C)C)C(N)=O)c1=O. The molecule has 21 heavy (non-hydrogen) atoms. The van der Waals surface area contributed by atoms with Crippen molar-refractivity contribution in [3.05, 3.63) is 33.7 Å². The van der Waals surface area contributed by atoms with E-state index in [9.17, 15) is 9.59 Å². The number of hydrogen-bond donors (Lipinski definition) is 1. The maximum atomic E-state index is 12.3. The third-order valence-corrected chi connectivity index (χ3v) is 3.49. The van der Waals surface area contributed by atoms with Crippen molar-refractivity contribution in [2.24, 2.45) is 11.7 Å². The van der Waals surface area contributed by atoms with Gasteiger partial charge in [0.25, 0.3) is 5.56 Å². The van der Waals surface area contributed by atoms with Gasteiger partial charge in [-0.15, -0.1) is 0 Å². The maximum absolute atomic E-state index is 12.3. The largest absolute Gasteiger partial charge is 0.368 e. The highest BCUT2D eigenvalue weighted by Crippen LogP contribution is 2.17. The molecule has 1 heterocycles. The second kappa shape index (κ2) is 7.41. The summed E-state index contributed by atoms with van der Waals surface area (Å²) in [5, 5.41) is 0. The van der Waals surface area contributed by atoms with Gasteiger partial charge in [0.05, 0.1) is 0 Å². The Kier molecular flexibility index (Phi) is 6.15. The fourth-order valence-corrected chi connectivity index (χ4v) is 2.35. The lowest BCUT2D eigenvalue weighted by molar-refractivity contribution is -0.121. The summed E-state index contributed by atoms with van der Waals surface area (Å²) in [6, 6.07) is 1.32. The molecule has 1 aromatic heterocycles. The zero-order valence-electron chi connectivity index (χ0n) is 13.7. The van der Waals surface area contributed by atoms with Gasteiger partial charge < -0.3 is 15.2 Å². The van der Waals surface area contributed by atoms with Crippen LogP contribution < -0.4 is 11.3 Å².